The molecular formula is C18H15F3N2OS. The molecule has 0 aliphatic rings. The number of amides is 1. The van der Waals surface area contributed by atoms with Crippen molar-refractivity contribution in [2.24, 2.45) is 0 Å². The molecule has 1 aromatic heterocycles. The Morgan fingerprint density at radius 1 is 1.16 bits per heavy atom. The zero-order valence-corrected chi connectivity index (χ0v) is 14.1. The molecule has 1 amide bonds. The number of nitrogens with one attached hydrogen (secondary N) is 1. The number of halogens is 3. The normalized spacial score (nSPS) is 13.0. The number of rotatable bonds is 4. The molecular weight excluding hydrogens is 349 g/mol. The van der Waals surface area contributed by atoms with Gasteiger partial charge in [0, 0.05) is 0 Å². The van der Waals surface area contributed by atoms with Gasteiger partial charge in [-0.25, -0.2) is 4.98 Å². The molecule has 0 saturated carbocycles. The predicted molar refractivity (Wildman–Crippen MR) is 92.7 cm³/mol. The number of carbonyl (C=O) groups excluding carboxylic acids is 1. The van der Waals surface area contributed by atoms with Crippen LogP contribution in [0.15, 0.2) is 48.5 Å². The highest BCUT2D eigenvalue weighted by Crippen LogP contribution is 2.37. The monoisotopic (exact) mass is 364 g/mol. The smallest absolute Gasteiger partial charge is 0.301 e. The highest BCUT2D eigenvalue weighted by molar-refractivity contribution is 7.22. The van der Waals surface area contributed by atoms with Crippen LogP contribution < -0.4 is 5.32 Å². The topological polar surface area (TPSA) is 42.0 Å². The minimum Gasteiger partial charge on any atom is -0.301 e. The summed E-state index contributed by atoms with van der Waals surface area (Å²) in [4.78, 5) is 16.5. The number of thiazole rings is 1. The Bertz CT molecular complexity index is 890. The van der Waals surface area contributed by atoms with Crippen molar-refractivity contribution in [3.63, 3.8) is 0 Å². The van der Waals surface area contributed by atoms with E-state index in [0.717, 1.165) is 23.0 Å². The molecule has 3 nitrogen and oxygen atoms in total. The lowest BCUT2D eigenvalue weighted by Gasteiger charge is -2.14. The van der Waals surface area contributed by atoms with Gasteiger partial charge in [0.25, 0.3) is 0 Å². The first-order chi connectivity index (χ1) is 11.9. The maximum Gasteiger partial charge on any atom is 0.418 e. The number of hydrogen-bond donors (Lipinski definition) is 1. The van der Waals surface area contributed by atoms with Crippen LogP contribution in [-0.4, -0.2) is 10.9 Å². The largest absolute Gasteiger partial charge is 0.418 e. The molecule has 3 rings (SSSR count). The molecule has 0 fully saturated rings. The second-order valence-corrected chi connectivity index (χ2v) is 6.56. The molecule has 0 spiro atoms. The molecule has 2 aromatic carbocycles. The number of anilines is 1. The molecule has 1 atom stereocenters. The lowest BCUT2D eigenvalue weighted by Crippen LogP contribution is -2.20. The van der Waals surface area contributed by atoms with Gasteiger partial charge < -0.3 is 5.32 Å². The van der Waals surface area contributed by atoms with Crippen LogP contribution in [0, 0.1) is 0 Å². The summed E-state index contributed by atoms with van der Waals surface area (Å²) in [6, 6.07) is 13.2. The fourth-order valence-electron chi connectivity index (χ4n) is 2.68. The van der Waals surface area contributed by atoms with Gasteiger partial charge in [0.1, 0.15) is 0 Å². The van der Waals surface area contributed by atoms with Crippen LogP contribution in [0.1, 0.15) is 30.4 Å². The first-order valence-electron chi connectivity index (χ1n) is 7.72. The van der Waals surface area contributed by atoms with Gasteiger partial charge in [-0.2, -0.15) is 13.2 Å². The Labute approximate surface area is 146 Å². The SMILES string of the molecule is CCC(C(=O)Nc1nc2c(C(F)(F)F)cccc2s1)c1ccccc1. The molecule has 0 radical (unpaired) electrons. The molecule has 1 unspecified atom stereocenters. The van der Waals surface area contributed by atoms with Crippen LogP contribution in [0.25, 0.3) is 10.2 Å². The van der Waals surface area contributed by atoms with Gasteiger partial charge in [-0.1, -0.05) is 54.7 Å². The number of carbonyl (C=O) groups is 1. The van der Waals surface area contributed by atoms with Crippen molar-refractivity contribution in [3.05, 3.63) is 59.7 Å². The van der Waals surface area contributed by atoms with E-state index in [9.17, 15) is 18.0 Å². The summed E-state index contributed by atoms with van der Waals surface area (Å²) >= 11 is 1.04. The molecule has 0 bridgehead atoms. The number of fused-ring (bicyclic) bond motifs is 1. The van der Waals surface area contributed by atoms with Crippen molar-refractivity contribution in [1.82, 2.24) is 4.98 Å². The molecule has 1 heterocycles. The Hall–Kier alpha value is -2.41. The predicted octanol–water partition coefficient (Wildman–Crippen LogP) is 5.45. The number of benzene rings is 2. The minimum atomic E-state index is -4.48. The van der Waals surface area contributed by atoms with E-state index < -0.39 is 11.7 Å². The summed E-state index contributed by atoms with van der Waals surface area (Å²) < 4.78 is 39.6. The summed E-state index contributed by atoms with van der Waals surface area (Å²) in [6.45, 7) is 1.89. The van der Waals surface area contributed by atoms with Crippen LogP contribution in [0.3, 0.4) is 0 Å². The molecule has 0 saturated heterocycles. The van der Waals surface area contributed by atoms with Crippen LogP contribution in [0.2, 0.25) is 0 Å². The van der Waals surface area contributed by atoms with Crippen LogP contribution in [0.4, 0.5) is 18.3 Å². The Balaban J connectivity index is 1.89. The lowest BCUT2D eigenvalue weighted by molar-refractivity contribution is -0.136. The number of nitrogens with zero attached hydrogens (tertiary/aromatic N) is 1. The quantitative estimate of drug-likeness (QED) is 0.669. The van der Waals surface area contributed by atoms with E-state index in [2.05, 4.69) is 10.3 Å². The van der Waals surface area contributed by atoms with Crippen molar-refractivity contribution < 1.29 is 18.0 Å². The van der Waals surface area contributed by atoms with E-state index in [4.69, 9.17) is 0 Å². The highest BCUT2D eigenvalue weighted by atomic mass is 32.1. The van der Waals surface area contributed by atoms with Gasteiger partial charge in [-0.05, 0) is 24.1 Å². The van der Waals surface area contributed by atoms with Crippen molar-refractivity contribution in [1.29, 1.82) is 0 Å². The van der Waals surface area contributed by atoms with Gasteiger partial charge in [0.2, 0.25) is 5.91 Å². The number of para-hydroxylation sites is 1. The fraction of sp³-hybridized carbons (Fsp3) is 0.222. The van der Waals surface area contributed by atoms with Crippen molar-refractivity contribution in [2.45, 2.75) is 25.4 Å². The average Bonchev–Trinajstić information content (AvgIpc) is 2.97. The number of hydrogen-bond acceptors (Lipinski definition) is 3. The van der Waals surface area contributed by atoms with Gasteiger partial charge in [0.15, 0.2) is 5.13 Å². The van der Waals surface area contributed by atoms with Crippen molar-refractivity contribution in [2.75, 3.05) is 5.32 Å². The molecule has 130 valence electrons. The first-order valence-corrected chi connectivity index (χ1v) is 8.54. The Morgan fingerprint density at radius 3 is 2.52 bits per heavy atom. The molecule has 25 heavy (non-hydrogen) atoms. The second kappa shape index (κ2) is 6.84. The molecule has 3 aromatic rings. The average molecular weight is 364 g/mol. The van der Waals surface area contributed by atoms with E-state index in [1.165, 1.54) is 6.07 Å². The summed E-state index contributed by atoms with van der Waals surface area (Å²) in [7, 11) is 0. The van der Waals surface area contributed by atoms with Gasteiger partial charge in [0.05, 0.1) is 21.7 Å². The Kier molecular flexibility index (Phi) is 4.76. The van der Waals surface area contributed by atoms with Crippen molar-refractivity contribution >= 4 is 32.6 Å². The maximum absolute atomic E-state index is 13.1. The molecule has 0 aliphatic heterocycles. The molecule has 0 aliphatic carbocycles. The zero-order valence-electron chi connectivity index (χ0n) is 13.3. The van der Waals surface area contributed by atoms with E-state index in [-0.39, 0.29) is 22.5 Å². The van der Waals surface area contributed by atoms with E-state index >= 15 is 0 Å². The van der Waals surface area contributed by atoms with Crippen LogP contribution in [-0.2, 0) is 11.0 Å². The third-order valence-electron chi connectivity index (χ3n) is 3.88. The second-order valence-electron chi connectivity index (χ2n) is 5.53. The highest BCUT2D eigenvalue weighted by Gasteiger charge is 2.34. The van der Waals surface area contributed by atoms with Gasteiger partial charge in [-0.3, -0.25) is 4.79 Å². The van der Waals surface area contributed by atoms with Crippen LogP contribution in [0.5, 0.6) is 0 Å². The molecule has 1 N–H and O–H groups in total. The summed E-state index contributed by atoms with van der Waals surface area (Å²) in [5.41, 5.74) is -0.0699. The lowest BCUT2D eigenvalue weighted by atomic mass is 9.96. The summed E-state index contributed by atoms with van der Waals surface area (Å²) in [5.74, 6) is -0.656. The summed E-state index contributed by atoms with van der Waals surface area (Å²) in [5, 5.41) is 2.83. The minimum absolute atomic E-state index is 0.136. The third kappa shape index (κ3) is 3.66. The Morgan fingerprint density at radius 2 is 1.88 bits per heavy atom. The first kappa shape index (κ1) is 17.4. The maximum atomic E-state index is 13.1. The number of alkyl halides is 3. The van der Waals surface area contributed by atoms with Gasteiger partial charge >= 0.3 is 6.18 Å². The third-order valence-corrected chi connectivity index (χ3v) is 4.82. The standard InChI is InChI=1S/C18H15F3N2OS/c1-2-12(11-7-4-3-5-8-11)16(24)23-17-22-15-13(18(19,20)21)9-6-10-14(15)25-17/h3-10,12H,2H2,1H3,(H,22,23,24). The van der Waals surface area contributed by atoms with E-state index in [1.54, 1.807) is 6.07 Å². The van der Waals surface area contributed by atoms with Gasteiger partial charge in [-0.15, -0.1) is 0 Å². The van der Waals surface area contributed by atoms with E-state index in [1.807, 2.05) is 37.3 Å². The van der Waals surface area contributed by atoms with Crippen LogP contribution >= 0.6 is 11.3 Å². The van der Waals surface area contributed by atoms with Crippen molar-refractivity contribution in [3.8, 4) is 0 Å². The number of aromatic nitrogens is 1. The zero-order chi connectivity index (χ0) is 18.0. The summed E-state index contributed by atoms with van der Waals surface area (Å²) in [6.07, 6.45) is -3.90. The van der Waals surface area contributed by atoms with E-state index in [0.29, 0.717) is 11.1 Å². The fourth-order valence-corrected chi connectivity index (χ4v) is 3.58. The molecule has 7 heteroatoms.